The van der Waals surface area contributed by atoms with E-state index in [9.17, 15) is 0 Å². The number of hydrogen-bond acceptors (Lipinski definition) is 3. The van der Waals surface area contributed by atoms with Gasteiger partial charge in [0, 0.05) is 15.9 Å². The Hall–Kier alpha value is -2.51. The van der Waals surface area contributed by atoms with E-state index in [1.165, 1.54) is 15.9 Å². The maximum Gasteiger partial charge on any atom is 0.178 e. The summed E-state index contributed by atoms with van der Waals surface area (Å²) in [6.45, 7) is 0. The van der Waals surface area contributed by atoms with E-state index in [0.29, 0.717) is 0 Å². The van der Waals surface area contributed by atoms with Crippen molar-refractivity contribution in [2.45, 2.75) is 0 Å². The van der Waals surface area contributed by atoms with Crippen molar-refractivity contribution in [3.8, 4) is 34.5 Å². The first-order valence-electron chi connectivity index (χ1n) is 7.13. The molecule has 0 aliphatic carbocycles. The fraction of sp³-hybridized carbons (Fsp3) is 0. The summed E-state index contributed by atoms with van der Waals surface area (Å²) >= 11 is 0. The molecular weight excluding hydrogens is 295 g/mol. The molecule has 0 atom stereocenters. The lowest BCUT2D eigenvalue weighted by Crippen LogP contribution is -2.18. The third kappa shape index (κ3) is 1.44. The van der Waals surface area contributed by atoms with Gasteiger partial charge in [-0.05, 0) is 44.3 Å². The normalized spacial score (nSPS) is 14.0. The van der Waals surface area contributed by atoms with Crippen LogP contribution in [-0.2, 0) is 0 Å². The second-order valence-corrected chi connectivity index (χ2v) is 7.57. The van der Waals surface area contributed by atoms with Crippen LogP contribution in [0.5, 0.6) is 34.5 Å². The molecule has 3 aliphatic heterocycles. The SMILES string of the molecule is c1cc2c(c(P(c3cccc4c3O4)c3cccc4c3O4)c1)O2. The molecule has 3 aromatic rings. The summed E-state index contributed by atoms with van der Waals surface area (Å²) in [7, 11) is -0.727. The van der Waals surface area contributed by atoms with Crippen LogP contribution >= 0.6 is 7.92 Å². The van der Waals surface area contributed by atoms with E-state index in [1.807, 2.05) is 18.2 Å². The van der Waals surface area contributed by atoms with Crippen LogP contribution in [0.4, 0.5) is 0 Å². The fourth-order valence-corrected chi connectivity index (χ4v) is 5.50. The van der Waals surface area contributed by atoms with Crippen LogP contribution in [0.15, 0.2) is 54.6 Å². The number of rotatable bonds is 3. The summed E-state index contributed by atoms with van der Waals surface area (Å²) < 4.78 is 16.9. The highest BCUT2D eigenvalue weighted by Gasteiger charge is 2.39. The molecule has 0 aromatic heterocycles. The topological polar surface area (TPSA) is 37.6 Å². The third-order valence-electron chi connectivity index (χ3n) is 4.11. The van der Waals surface area contributed by atoms with Gasteiger partial charge in [0.25, 0.3) is 0 Å². The highest BCUT2D eigenvalue weighted by atomic mass is 31.1. The van der Waals surface area contributed by atoms with Crippen molar-refractivity contribution in [1.82, 2.24) is 0 Å². The van der Waals surface area contributed by atoms with E-state index in [1.54, 1.807) is 0 Å². The molecule has 0 spiro atoms. The molecule has 0 saturated heterocycles. The van der Waals surface area contributed by atoms with Crippen LogP contribution in [0, 0.1) is 0 Å². The molecule has 0 saturated carbocycles. The van der Waals surface area contributed by atoms with Crippen LogP contribution < -0.4 is 30.1 Å². The first kappa shape index (κ1) is 11.1. The van der Waals surface area contributed by atoms with Crippen molar-refractivity contribution in [2.75, 3.05) is 0 Å². The molecule has 0 fully saturated rings. The lowest BCUT2D eigenvalue weighted by atomic mass is 10.4. The monoisotopic (exact) mass is 304 g/mol. The van der Waals surface area contributed by atoms with Gasteiger partial charge in [-0.2, -0.15) is 0 Å². The molecule has 3 heterocycles. The van der Waals surface area contributed by atoms with E-state index in [0.717, 1.165) is 34.5 Å². The standard InChI is InChI=1S/C18H9O3P/c1-4-10-16(19-10)13(7-1)22(14-8-2-5-11-17(14)20-11)15-9-3-6-12-18(15)21-12/h1-9H. The highest BCUT2D eigenvalue weighted by Crippen LogP contribution is 2.58. The van der Waals surface area contributed by atoms with E-state index in [-0.39, 0.29) is 0 Å². The van der Waals surface area contributed by atoms with E-state index >= 15 is 0 Å². The van der Waals surface area contributed by atoms with Crippen LogP contribution in [0.1, 0.15) is 0 Å². The van der Waals surface area contributed by atoms with Crippen molar-refractivity contribution < 1.29 is 14.2 Å². The van der Waals surface area contributed by atoms with Crippen LogP contribution in [0.25, 0.3) is 0 Å². The zero-order chi connectivity index (χ0) is 14.3. The van der Waals surface area contributed by atoms with Gasteiger partial charge in [-0.1, -0.05) is 18.2 Å². The van der Waals surface area contributed by atoms with Gasteiger partial charge >= 0.3 is 0 Å². The van der Waals surface area contributed by atoms with Gasteiger partial charge in [-0.15, -0.1) is 0 Å². The molecule has 22 heavy (non-hydrogen) atoms. The maximum atomic E-state index is 5.64. The lowest BCUT2D eigenvalue weighted by Gasteiger charge is -2.15. The van der Waals surface area contributed by atoms with Gasteiger partial charge in [0.2, 0.25) is 0 Å². The minimum Gasteiger partial charge on any atom is -0.449 e. The Morgan fingerprint density at radius 2 is 0.864 bits per heavy atom. The van der Waals surface area contributed by atoms with Crippen molar-refractivity contribution in [3.63, 3.8) is 0 Å². The summed E-state index contributed by atoms with van der Waals surface area (Å²) in [5.74, 6) is 6.02. The Labute approximate surface area is 127 Å². The number of hydrogen-bond donors (Lipinski definition) is 0. The van der Waals surface area contributed by atoms with Crippen LogP contribution in [0.3, 0.4) is 0 Å². The second kappa shape index (κ2) is 3.63. The quantitative estimate of drug-likeness (QED) is 0.369. The number of para-hydroxylation sites is 3. The zero-order valence-corrected chi connectivity index (χ0v) is 12.3. The molecule has 0 unspecified atom stereocenters. The average Bonchev–Trinajstić information content (AvgIpc) is 3.42. The summed E-state index contributed by atoms with van der Waals surface area (Å²) in [4.78, 5) is 0. The fourth-order valence-electron chi connectivity index (χ4n) is 2.94. The molecule has 3 nitrogen and oxygen atoms in total. The van der Waals surface area contributed by atoms with Crippen molar-refractivity contribution in [2.24, 2.45) is 0 Å². The molecule has 6 rings (SSSR count). The van der Waals surface area contributed by atoms with Crippen molar-refractivity contribution in [1.29, 1.82) is 0 Å². The Bertz CT molecular complexity index is 853. The molecule has 0 amide bonds. The summed E-state index contributed by atoms with van der Waals surface area (Å²) in [6.07, 6.45) is 0. The molecule has 0 radical (unpaired) electrons. The van der Waals surface area contributed by atoms with E-state index < -0.39 is 7.92 Å². The Morgan fingerprint density at radius 3 is 1.23 bits per heavy atom. The molecule has 104 valence electrons. The average molecular weight is 304 g/mol. The largest absolute Gasteiger partial charge is 0.449 e. The lowest BCUT2D eigenvalue weighted by molar-refractivity contribution is 0.651. The minimum atomic E-state index is -0.727. The molecular formula is C18H9O3P. The molecule has 4 heteroatoms. The van der Waals surface area contributed by atoms with Gasteiger partial charge in [0.15, 0.2) is 34.5 Å². The molecule has 3 aliphatic rings. The molecule has 3 aromatic carbocycles. The highest BCUT2D eigenvalue weighted by molar-refractivity contribution is 7.80. The van der Waals surface area contributed by atoms with Crippen LogP contribution in [0.2, 0.25) is 0 Å². The van der Waals surface area contributed by atoms with Gasteiger partial charge in [0.05, 0.1) is 0 Å². The Balaban J connectivity index is 1.62. The maximum absolute atomic E-state index is 5.64. The van der Waals surface area contributed by atoms with Crippen LogP contribution in [-0.4, -0.2) is 0 Å². The predicted octanol–water partition coefficient (Wildman–Crippen LogP) is 3.76. The number of ether oxygens (including phenoxy) is 3. The zero-order valence-electron chi connectivity index (χ0n) is 11.4. The van der Waals surface area contributed by atoms with Crippen molar-refractivity contribution >= 4 is 23.8 Å². The number of benzene rings is 3. The van der Waals surface area contributed by atoms with Gasteiger partial charge < -0.3 is 14.2 Å². The van der Waals surface area contributed by atoms with E-state index in [2.05, 4.69) is 36.4 Å². The first-order valence-corrected chi connectivity index (χ1v) is 8.47. The smallest absolute Gasteiger partial charge is 0.178 e. The van der Waals surface area contributed by atoms with Crippen molar-refractivity contribution in [3.05, 3.63) is 54.6 Å². The first-order chi connectivity index (χ1) is 10.9. The van der Waals surface area contributed by atoms with Gasteiger partial charge in [-0.3, -0.25) is 0 Å². The summed E-state index contributed by atoms with van der Waals surface area (Å²) in [6, 6.07) is 18.7. The summed E-state index contributed by atoms with van der Waals surface area (Å²) in [5, 5.41) is 3.71. The Morgan fingerprint density at radius 1 is 0.500 bits per heavy atom. The van der Waals surface area contributed by atoms with Gasteiger partial charge in [-0.25, -0.2) is 0 Å². The van der Waals surface area contributed by atoms with E-state index in [4.69, 9.17) is 14.2 Å². The second-order valence-electron chi connectivity index (χ2n) is 5.45. The van der Waals surface area contributed by atoms with Gasteiger partial charge in [0.1, 0.15) is 0 Å². The predicted molar refractivity (Wildman–Crippen MR) is 85.4 cm³/mol. The molecule has 0 bridgehead atoms. The minimum absolute atomic E-state index is 0.727. The molecule has 0 N–H and O–H groups in total. The Kier molecular flexibility index (Phi) is 1.83. The third-order valence-corrected chi connectivity index (χ3v) is 6.61. The number of fused-ring (bicyclic) bond motifs is 3. The summed E-state index contributed by atoms with van der Waals surface area (Å²) in [5.41, 5.74) is 0.